The van der Waals surface area contributed by atoms with Gasteiger partial charge in [-0.1, -0.05) is 35.3 Å². The summed E-state index contributed by atoms with van der Waals surface area (Å²) in [5.74, 6) is 0.00211. The number of fused-ring (bicyclic) bond motifs is 1. The van der Waals surface area contributed by atoms with Crippen LogP contribution in [0.4, 0.5) is 10.5 Å². The van der Waals surface area contributed by atoms with E-state index in [1.165, 1.54) is 0 Å². The number of halogens is 2. The summed E-state index contributed by atoms with van der Waals surface area (Å²) in [5, 5.41) is 9.05. The molecule has 1 heterocycles. The zero-order valence-corrected chi connectivity index (χ0v) is 13.5. The van der Waals surface area contributed by atoms with Gasteiger partial charge in [-0.3, -0.25) is 5.41 Å². The fraction of sp³-hybridized carbons (Fsp3) is 0.125. The minimum absolute atomic E-state index is 0.00211. The second-order valence-electron chi connectivity index (χ2n) is 5.34. The van der Waals surface area contributed by atoms with Crippen LogP contribution in [0.15, 0.2) is 36.4 Å². The number of carbonyl (C=O) groups excluding carboxylic acids is 1. The molecule has 2 aromatic rings. The second-order valence-corrected chi connectivity index (χ2v) is 6.18. The molecule has 3 rings (SSSR count). The van der Waals surface area contributed by atoms with Crippen LogP contribution in [0.5, 0.6) is 0 Å². The Labute approximate surface area is 143 Å². The molecule has 1 unspecified atom stereocenters. The molecule has 0 bridgehead atoms. The molecule has 5 nitrogen and oxygen atoms in total. The number of nitrogens with one attached hydrogen (secondary N) is 1. The average Bonchev–Trinajstić information content (AvgIpc) is 2.47. The largest absolute Gasteiger partial charge is 0.351 e. The molecule has 1 atom stereocenters. The van der Waals surface area contributed by atoms with Crippen molar-refractivity contribution in [2.75, 3.05) is 4.90 Å². The molecular formula is C16H14Cl2N4O. The van der Waals surface area contributed by atoms with Gasteiger partial charge in [0.25, 0.3) is 0 Å². The maximum atomic E-state index is 11.6. The van der Waals surface area contributed by atoms with Gasteiger partial charge in [0.15, 0.2) is 0 Å². The van der Waals surface area contributed by atoms with Gasteiger partial charge in [-0.15, -0.1) is 0 Å². The quantitative estimate of drug-likeness (QED) is 0.736. The van der Waals surface area contributed by atoms with Crippen molar-refractivity contribution in [2.24, 2.45) is 11.5 Å². The summed E-state index contributed by atoms with van der Waals surface area (Å²) < 4.78 is 0. The summed E-state index contributed by atoms with van der Waals surface area (Å²) in [6.45, 7) is 0. The van der Waals surface area contributed by atoms with Crippen LogP contribution in [0, 0.1) is 5.41 Å². The zero-order chi connectivity index (χ0) is 16.7. The van der Waals surface area contributed by atoms with Gasteiger partial charge in [0, 0.05) is 15.6 Å². The van der Waals surface area contributed by atoms with Gasteiger partial charge in [0.05, 0.1) is 11.7 Å². The second kappa shape index (κ2) is 5.85. The van der Waals surface area contributed by atoms with Gasteiger partial charge >= 0.3 is 6.03 Å². The highest BCUT2D eigenvalue weighted by Gasteiger charge is 2.31. The SMILES string of the molecule is N=C1C(N)Cc2cc(-c3ccc(Cl)cc3Cl)ccc2N1C(N)=O. The number of hydrogen-bond donors (Lipinski definition) is 3. The topological polar surface area (TPSA) is 96.2 Å². The molecule has 2 aromatic carbocycles. The van der Waals surface area contributed by atoms with Gasteiger partial charge in [0.2, 0.25) is 0 Å². The first-order valence-electron chi connectivity index (χ1n) is 6.90. The molecule has 0 saturated heterocycles. The molecule has 0 saturated carbocycles. The number of nitrogens with two attached hydrogens (primary N) is 2. The lowest BCUT2D eigenvalue weighted by molar-refractivity contribution is 0.256. The van der Waals surface area contributed by atoms with Crippen LogP contribution in [0.1, 0.15) is 5.56 Å². The number of rotatable bonds is 1. The molecule has 5 N–H and O–H groups in total. The van der Waals surface area contributed by atoms with Crippen molar-refractivity contribution in [2.45, 2.75) is 12.5 Å². The Bertz CT molecular complexity index is 822. The van der Waals surface area contributed by atoms with Gasteiger partial charge in [-0.05, 0) is 41.8 Å². The normalized spacial score (nSPS) is 17.1. The van der Waals surface area contributed by atoms with Gasteiger partial charge in [-0.2, -0.15) is 0 Å². The minimum atomic E-state index is -0.719. The monoisotopic (exact) mass is 348 g/mol. The Morgan fingerprint density at radius 1 is 1.22 bits per heavy atom. The Morgan fingerprint density at radius 2 is 1.96 bits per heavy atom. The van der Waals surface area contributed by atoms with Gasteiger partial charge in [-0.25, -0.2) is 9.69 Å². The standard InChI is InChI=1S/C16H14Cl2N4O/c17-10-2-3-11(12(18)7-10)8-1-4-14-9(5-8)6-13(19)15(20)22(14)16(21)23/h1-5,7,13,20H,6,19H2,(H2,21,23). The number of primary amides is 1. The van der Waals surface area contributed by atoms with E-state index in [-0.39, 0.29) is 5.84 Å². The van der Waals surface area contributed by atoms with E-state index in [2.05, 4.69) is 0 Å². The van der Waals surface area contributed by atoms with Crippen molar-refractivity contribution in [3.8, 4) is 11.1 Å². The van der Waals surface area contributed by atoms with Crippen LogP contribution in [-0.2, 0) is 6.42 Å². The Hall–Kier alpha value is -2.08. The van der Waals surface area contributed by atoms with Crippen LogP contribution in [0.2, 0.25) is 10.0 Å². The molecular weight excluding hydrogens is 335 g/mol. The summed E-state index contributed by atoms with van der Waals surface area (Å²) in [6, 6.07) is 9.47. The number of anilines is 1. The Kier molecular flexibility index (Phi) is 4.02. The lowest BCUT2D eigenvalue weighted by atomic mass is 9.93. The smallest absolute Gasteiger partial charge is 0.324 e. The molecule has 23 heavy (non-hydrogen) atoms. The number of benzene rings is 2. The zero-order valence-electron chi connectivity index (χ0n) is 12.0. The summed E-state index contributed by atoms with van der Waals surface area (Å²) in [7, 11) is 0. The Balaban J connectivity index is 2.11. The summed E-state index contributed by atoms with van der Waals surface area (Å²) in [6.07, 6.45) is 0.455. The number of urea groups is 1. The molecule has 0 aliphatic carbocycles. The highest BCUT2D eigenvalue weighted by molar-refractivity contribution is 6.36. The third kappa shape index (κ3) is 2.79. The van der Waals surface area contributed by atoms with E-state index >= 15 is 0 Å². The van der Waals surface area contributed by atoms with E-state index in [4.69, 9.17) is 40.1 Å². The van der Waals surface area contributed by atoms with Gasteiger partial charge < -0.3 is 11.5 Å². The van der Waals surface area contributed by atoms with E-state index in [9.17, 15) is 4.79 Å². The van der Waals surface area contributed by atoms with E-state index < -0.39 is 12.1 Å². The predicted octanol–water partition coefficient (Wildman–Crippen LogP) is 3.41. The number of amidine groups is 1. The summed E-state index contributed by atoms with van der Waals surface area (Å²) >= 11 is 12.2. The van der Waals surface area contributed by atoms with Gasteiger partial charge in [0.1, 0.15) is 5.84 Å². The Morgan fingerprint density at radius 3 is 2.61 bits per heavy atom. The average molecular weight is 349 g/mol. The molecule has 0 fully saturated rings. The third-order valence-electron chi connectivity index (χ3n) is 3.81. The molecule has 1 aliphatic heterocycles. The third-order valence-corrected chi connectivity index (χ3v) is 4.36. The molecule has 0 radical (unpaired) electrons. The maximum absolute atomic E-state index is 11.6. The van der Waals surface area contributed by atoms with Crippen molar-refractivity contribution in [3.05, 3.63) is 52.0 Å². The van der Waals surface area contributed by atoms with Crippen molar-refractivity contribution in [1.29, 1.82) is 5.41 Å². The highest BCUT2D eigenvalue weighted by Crippen LogP contribution is 2.35. The number of carbonyl (C=O) groups is 1. The van der Waals surface area contributed by atoms with Crippen LogP contribution in [0.25, 0.3) is 11.1 Å². The van der Waals surface area contributed by atoms with Crippen molar-refractivity contribution in [3.63, 3.8) is 0 Å². The van der Waals surface area contributed by atoms with Crippen LogP contribution in [0.3, 0.4) is 0 Å². The predicted molar refractivity (Wildman–Crippen MR) is 93.4 cm³/mol. The fourth-order valence-electron chi connectivity index (χ4n) is 2.72. The fourth-order valence-corrected chi connectivity index (χ4v) is 3.24. The van der Waals surface area contributed by atoms with Crippen LogP contribution in [-0.4, -0.2) is 17.9 Å². The molecule has 1 aliphatic rings. The van der Waals surface area contributed by atoms with E-state index in [1.54, 1.807) is 18.2 Å². The molecule has 0 spiro atoms. The highest BCUT2D eigenvalue weighted by atomic mass is 35.5. The first-order chi connectivity index (χ1) is 10.9. The molecule has 7 heteroatoms. The van der Waals surface area contributed by atoms with E-state index in [0.717, 1.165) is 21.6 Å². The lowest BCUT2D eigenvalue weighted by Gasteiger charge is -2.32. The summed E-state index contributed by atoms with van der Waals surface area (Å²) in [4.78, 5) is 12.8. The molecule has 2 amide bonds. The first-order valence-corrected chi connectivity index (χ1v) is 7.66. The van der Waals surface area contributed by atoms with E-state index in [0.29, 0.717) is 22.2 Å². The number of amides is 2. The summed E-state index contributed by atoms with van der Waals surface area (Å²) in [5.41, 5.74) is 14.5. The van der Waals surface area contributed by atoms with Crippen molar-refractivity contribution in [1.82, 2.24) is 0 Å². The van der Waals surface area contributed by atoms with Crippen molar-refractivity contribution < 1.29 is 4.79 Å². The van der Waals surface area contributed by atoms with Crippen LogP contribution < -0.4 is 16.4 Å². The van der Waals surface area contributed by atoms with Crippen molar-refractivity contribution >= 4 is 40.8 Å². The molecule has 118 valence electrons. The lowest BCUT2D eigenvalue weighted by Crippen LogP contribution is -2.52. The number of nitrogens with zero attached hydrogens (tertiary/aromatic N) is 1. The maximum Gasteiger partial charge on any atom is 0.324 e. The minimum Gasteiger partial charge on any atom is -0.351 e. The van der Waals surface area contributed by atoms with Crippen LogP contribution >= 0.6 is 23.2 Å². The number of hydrogen-bond acceptors (Lipinski definition) is 3. The van der Waals surface area contributed by atoms with E-state index in [1.807, 2.05) is 18.2 Å². The first kappa shape index (κ1) is 15.8. The molecule has 0 aromatic heterocycles.